The number of piperidine rings is 1. The first-order chi connectivity index (χ1) is 13.1. The molecule has 1 aromatic heterocycles. The Morgan fingerprint density at radius 1 is 1.30 bits per heavy atom. The molecule has 2 heterocycles. The lowest BCUT2D eigenvalue weighted by molar-refractivity contribution is 0.176. The quantitative estimate of drug-likeness (QED) is 0.850. The summed E-state index contributed by atoms with van der Waals surface area (Å²) < 4.78 is 13.1. The number of rotatable bonds is 6. The summed E-state index contributed by atoms with van der Waals surface area (Å²) in [5, 5.41) is 3.18. The lowest BCUT2D eigenvalue weighted by Gasteiger charge is -2.32. The van der Waals surface area contributed by atoms with Crippen molar-refractivity contribution in [1.82, 2.24) is 20.1 Å². The van der Waals surface area contributed by atoms with Gasteiger partial charge in [0, 0.05) is 38.1 Å². The molecule has 0 bridgehead atoms. The maximum Gasteiger partial charge on any atom is 0.317 e. The number of carbonyl (C=O) groups is 1. The Labute approximate surface area is 160 Å². The van der Waals surface area contributed by atoms with Crippen LogP contribution in [0.3, 0.4) is 0 Å². The average Bonchev–Trinajstić information content (AvgIpc) is 2.67. The molecule has 1 saturated heterocycles. The molecule has 1 fully saturated rings. The monoisotopic (exact) mass is 370 g/mol. The Bertz CT molecular complexity index is 723. The van der Waals surface area contributed by atoms with Crippen LogP contribution in [0, 0.1) is 5.82 Å². The molecule has 144 valence electrons. The second kappa shape index (κ2) is 9.46. The van der Waals surface area contributed by atoms with Gasteiger partial charge < -0.3 is 15.1 Å². The van der Waals surface area contributed by atoms with Crippen molar-refractivity contribution in [3.63, 3.8) is 0 Å². The van der Waals surface area contributed by atoms with Crippen LogP contribution in [0.15, 0.2) is 48.8 Å². The summed E-state index contributed by atoms with van der Waals surface area (Å²) in [7, 11) is 2.08. The van der Waals surface area contributed by atoms with E-state index >= 15 is 0 Å². The Balaban J connectivity index is 1.64. The molecule has 0 unspecified atom stereocenters. The van der Waals surface area contributed by atoms with Crippen molar-refractivity contribution < 1.29 is 9.18 Å². The molecule has 27 heavy (non-hydrogen) atoms. The molecule has 2 amide bonds. The van der Waals surface area contributed by atoms with E-state index in [1.165, 1.54) is 12.1 Å². The van der Waals surface area contributed by atoms with Crippen molar-refractivity contribution in [1.29, 1.82) is 0 Å². The minimum Gasteiger partial charge on any atom is -0.334 e. The van der Waals surface area contributed by atoms with Crippen LogP contribution in [0.5, 0.6) is 0 Å². The highest BCUT2D eigenvalue weighted by Gasteiger charge is 2.22. The van der Waals surface area contributed by atoms with Gasteiger partial charge in [-0.25, -0.2) is 9.18 Å². The predicted molar refractivity (Wildman–Crippen MR) is 104 cm³/mol. The topological polar surface area (TPSA) is 48.5 Å². The maximum absolute atomic E-state index is 13.1. The third-order valence-corrected chi connectivity index (χ3v) is 4.92. The van der Waals surface area contributed by atoms with Gasteiger partial charge in [0.15, 0.2) is 0 Å². The number of halogens is 1. The average molecular weight is 370 g/mol. The second-order valence-electron chi connectivity index (χ2n) is 7.21. The zero-order valence-corrected chi connectivity index (χ0v) is 15.8. The van der Waals surface area contributed by atoms with E-state index in [2.05, 4.69) is 22.2 Å². The van der Waals surface area contributed by atoms with Crippen LogP contribution in [-0.2, 0) is 13.0 Å². The van der Waals surface area contributed by atoms with Crippen molar-refractivity contribution in [2.24, 2.45) is 0 Å². The number of amides is 2. The summed E-state index contributed by atoms with van der Waals surface area (Å²) in [6.45, 7) is 3.03. The van der Waals surface area contributed by atoms with Crippen LogP contribution < -0.4 is 5.32 Å². The lowest BCUT2D eigenvalue weighted by Crippen LogP contribution is -2.50. The van der Waals surface area contributed by atoms with E-state index in [-0.39, 0.29) is 17.9 Å². The largest absolute Gasteiger partial charge is 0.334 e. The smallest absolute Gasteiger partial charge is 0.317 e. The lowest BCUT2D eigenvalue weighted by atomic mass is 10.1. The van der Waals surface area contributed by atoms with E-state index in [1.807, 2.05) is 17.0 Å². The van der Waals surface area contributed by atoms with Gasteiger partial charge in [-0.3, -0.25) is 4.98 Å². The fraction of sp³-hybridized carbons (Fsp3) is 0.429. The summed E-state index contributed by atoms with van der Waals surface area (Å²) in [5.41, 5.74) is 2.00. The van der Waals surface area contributed by atoms with E-state index in [9.17, 15) is 9.18 Å². The normalized spacial score (nSPS) is 17.5. The van der Waals surface area contributed by atoms with Crippen molar-refractivity contribution in [3.05, 3.63) is 65.7 Å². The zero-order chi connectivity index (χ0) is 19.1. The SMILES string of the molecule is CN1CCC[C@@H](NC(=O)N(CCc2ccc(F)cc2)Cc2cccnc2)C1. The molecule has 0 aliphatic carbocycles. The summed E-state index contributed by atoms with van der Waals surface area (Å²) in [6.07, 6.45) is 6.30. The standard InChI is InChI=1S/C21H27FN4O/c1-25-12-3-5-20(16-25)24-21(27)26(15-18-4-2-11-23-14-18)13-10-17-6-8-19(22)9-7-17/h2,4,6-9,11,14,20H,3,5,10,12-13,15-16H2,1H3,(H,24,27)/t20-/m1/s1. The van der Waals surface area contributed by atoms with Gasteiger partial charge in [-0.15, -0.1) is 0 Å². The van der Waals surface area contributed by atoms with E-state index in [4.69, 9.17) is 0 Å². The molecule has 1 atom stereocenters. The number of aromatic nitrogens is 1. The van der Waals surface area contributed by atoms with Crippen molar-refractivity contribution in [2.75, 3.05) is 26.7 Å². The molecule has 1 aliphatic rings. The first-order valence-electron chi connectivity index (χ1n) is 9.47. The number of hydrogen-bond acceptors (Lipinski definition) is 3. The Morgan fingerprint density at radius 2 is 2.11 bits per heavy atom. The molecule has 2 aromatic rings. The summed E-state index contributed by atoms with van der Waals surface area (Å²) >= 11 is 0. The van der Waals surface area contributed by atoms with Crippen LogP contribution in [0.2, 0.25) is 0 Å². The van der Waals surface area contributed by atoms with E-state index in [1.54, 1.807) is 24.5 Å². The molecule has 1 aromatic carbocycles. The highest BCUT2D eigenvalue weighted by Crippen LogP contribution is 2.11. The van der Waals surface area contributed by atoms with Crippen LogP contribution in [0.1, 0.15) is 24.0 Å². The van der Waals surface area contributed by atoms with E-state index < -0.39 is 0 Å². The van der Waals surface area contributed by atoms with Crippen LogP contribution in [0.25, 0.3) is 0 Å². The highest BCUT2D eigenvalue weighted by atomic mass is 19.1. The third-order valence-electron chi connectivity index (χ3n) is 4.92. The molecular weight excluding hydrogens is 343 g/mol. The van der Waals surface area contributed by atoms with Gasteiger partial charge in [0.2, 0.25) is 0 Å². The van der Waals surface area contributed by atoms with E-state index in [0.717, 1.165) is 37.1 Å². The molecule has 1 N–H and O–H groups in total. The number of benzene rings is 1. The molecule has 1 aliphatic heterocycles. The van der Waals surface area contributed by atoms with Gasteiger partial charge in [0.05, 0.1) is 0 Å². The van der Waals surface area contributed by atoms with Gasteiger partial charge >= 0.3 is 6.03 Å². The molecule has 0 saturated carbocycles. The summed E-state index contributed by atoms with van der Waals surface area (Å²) in [6, 6.07) is 10.4. The number of nitrogens with zero attached hydrogens (tertiary/aromatic N) is 3. The Hall–Kier alpha value is -2.47. The number of hydrogen-bond donors (Lipinski definition) is 1. The number of nitrogens with one attached hydrogen (secondary N) is 1. The molecular formula is C21H27FN4O. The molecule has 3 rings (SSSR count). The van der Waals surface area contributed by atoms with Crippen molar-refractivity contribution in [2.45, 2.75) is 31.8 Å². The maximum atomic E-state index is 13.1. The second-order valence-corrected chi connectivity index (χ2v) is 7.21. The number of carbonyl (C=O) groups excluding carboxylic acids is 1. The van der Waals surface area contributed by atoms with Crippen molar-refractivity contribution in [3.8, 4) is 0 Å². The number of urea groups is 1. The van der Waals surface area contributed by atoms with Gasteiger partial charge in [0.25, 0.3) is 0 Å². The van der Waals surface area contributed by atoms with Gasteiger partial charge in [-0.05, 0) is 62.2 Å². The number of likely N-dealkylation sites (N-methyl/N-ethyl adjacent to an activating group) is 1. The van der Waals surface area contributed by atoms with Crippen LogP contribution >= 0.6 is 0 Å². The van der Waals surface area contributed by atoms with Crippen molar-refractivity contribution >= 4 is 6.03 Å². The molecule has 0 spiro atoms. The van der Waals surface area contributed by atoms with Gasteiger partial charge in [-0.1, -0.05) is 18.2 Å². The fourth-order valence-corrected chi connectivity index (χ4v) is 3.43. The van der Waals surface area contributed by atoms with Crippen LogP contribution in [-0.4, -0.2) is 53.5 Å². The summed E-state index contributed by atoms with van der Waals surface area (Å²) in [4.78, 5) is 21.1. The zero-order valence-electron chi connectivity index (χ0n) is 15.8. The first-order valence-corrected chi connectivity index (χ1v) is 9.47. The fourth-order valence-electron chi connectivity index (χ4n) is 3.43. The van der Waals surface area contributed by atoms with Crippen LogP contribution in [0.4, 0.5) is 9.18 Å². The number of pyridine rings is 1. The molecule has 0 radical (unpaired) electrons. The van der Waals surface area contributed by atoms with Gasteiger partial charge in [0.1, 0.15) is 5.82 Å². The predicted octanol–water partition coefficient (Wildman–Crippen LogP) is 3.07. The molecule has 5 nitrogen and oxygen atoms in total. The highest BCUT2D eigenvalue weighted by molar-refractivity contribution is 5.74. The first kappa shape index (κ1) is 19.3. The Kier molecular flexibility index (Phi) is 6.76. The molecule has 6 heteroatoms. The minimum atomic E-state index is -0.245. The van der Waals surface area contributed by atoms with Gasteiger partial charge in [-0.2, -0.15) is 0 Å². The van der Waals surface area contributed by atoms with E-state index in [0.29, 0.717) is 19.5 Å². The summed E-state index contributed by atoms with van der Waals surface area (Å²) in [5.74, 6) is -0.245. The number of likely N-dealkylation sites (tertiary alicyclic amines) is 1. The third kappa shape index (κ3) is 6.03. The Morgan fingerprint density at radius 3 is 2.81 bits per heavy atom. The minimum absolute atomic E-state index is 0.0544.